The maximum Gasteiger partial charge on any atom is 0.314 e. The maximum absolute atomic E-state index is 12.5. The quantitative estimate of drug-likeness (QED) is 0.174. The van der Waals surface area contributed by atoms with Crippen molar-refractivity contribution in [3.63, 3.8) is 0 Å². The lowest BCUT2D eigenvalue weighted by atomic mass is 9.87. The van der Waals surface area contributed by atoms with Crippen molar-refractivity contribution in [2.75, 3.05) is 13.7 Å². The van der Waals surface area contributed by atoms with Gasteiger partial charge in [0.25, 0.3) is 0 Å². The van der Waals surface area contributed by atoms with Crippen molar-refractivity contribution in [2.45, 2.75) is 169 Å². The molecule has 2 amide bonds. The van der Waals surface area contributed by atoms with Gasteiger partial charge >= 0.3 is 12.0 Å². The summed E-state index contributed by atoms with van der Waals surface area (Å²) in [6.45, 7) is 3.37. The molecule has 3 aliphatic rings. The smallest absolute Gasteiger partial charge is 0.314 e. The van der Waals surface area contributed by atoms with Gasteiger partial charge in [-0.15, -0.1) is 0 Å². The monoisotopic (exact) mass is 908 g/mol. The summed E-state index contributed by atoms with van der Waals surface area (Å²) < 4.78 is 23.2. The molecular formula is C46H72N2O16. The zero-order valence-electron chi connectivity index (χ0n) is 36.9. The van der Waals surface area contributed by atoms with E-state index in [9.17, 15) is 60.7 Å². The minimum atomic E-state index is -2.20. The molecule has 2 bridgehead atoms. The lowest BCUT2D eigenvalue weighted by Gasteiger charge is -2.46. The number of cyclic esters (lactones) is 1. The number of esters is 1. The Balaban J connectivity index is 1.84. The topological polar surface area (TPSA) is 297 Å². The first-order valence-corrected chi connectivity index (χ1v) is 22.0. The summed E-state index contributed by atoms with van der Waals surface area (Å²) in [4.78, 5) is 25.0. The third-order valence-electron chi connectivity index (χ3n) is 11.0. The van der Waals surface area contributed by atoms with E-state index >= 15 is 0 Å². The normalized spacial score (nSPS) is 42.4. The molecule has 16 atom stereocenters. The number of aliphatic hydroxyl groups excluding tert-OH is 9. The molecule has 12 N–H and O–H groups in total. The third kappa shape index (κ3) is 20.7. The maximum atomic E-state index is 12.5. The van der Waals surface area contributed by atoms with Gasteiger partial charge in [-0.3, -0.25) is 4.79 Å². The summed E-state index contributed by atoms with van der Waals surface area (Å²) in [7, 11) is 1.38. The number of hydrogen-bond donors (Lipinski definition) is 12. The van der Waals surface area contributed by atoms with E-state index in [1.807, 2.05) is 49.5 Å². The number of nitrogens with one attached hydrogen (secondary N) is 2. The number of carbonyl (C=O) groups excluding carboxylic acids is 2. The van der Waals surface area contributed by atoms with Crippen molar-refractivity contribution in [3.05, 3.63) is 85.1 Å². The van der Waals surface area contributed by atoms with Crippen LogP contribution < -0.4 is 10.6 Å². The molecule has 0 aliphatic carbocycles. The van der Waals surface area contributed by atoms with Crippen LogP contribution in [0.3, 0.4) is 0 Å². The number of ether oxygens (including phenoxy) is 4. The Morgan fingerprint density at radius 3 is 1.86 bits per heavy atom. The fourth-order valence-corrected chi connectivity index (χ4v) is 7.55. The minimum Gasteiger partial charge on any atom is -0.462 e. The lowest BCUT2D eigenvalue weighted by molar-refractivity contribution is -0.298. The average molecular weight is 909 g/mol. The summed E-state index contributed by atoms with van der Waals surface area (Å²) >= 11 is 0. The van der Waals surface area contributed by atoms with Crippen LogP contribution in [0.1, 0.15) is 78.1 Å². The van der Waals surface area contributed by atoms with Gasteiger partial charge in [-0.05, 0) is 26.2 Å². The molecule has 362 valence electrons. The molecule has 0 aromatic carbocycles. The number of hydrogen-bond acceptors (Lipinski definition) is 16. The number of urea groups is 1. The van der Waals surface area contributed by atoms with Crippen LogP contribution in [0, 0.1) is 5.92 Å². The van der Waals surface area contributed by atoms with Gasteiger partial charge in [0.05, 0.1) is 80.1 Å². The van der Waals surface area contributed by atoms with Crippen LogP contribution in [-0.4, -0.2) is 168 Å². The Hall–Kier alpha value is -3.60. The zero-order chi connectivity index (χ0) is 47.2. The molecule has 0 saturated carbocycles. The predicted octanol–water partition coefficient (Wildman–Crippen LogP) is 0.737. The first-order valence-electron chi connectivity index (χ1n) is 22.0. The molecule has 3 aliphatic heterocycles. The van der Waals surface area contributed by atoms with E-state index in [2.05, 4.69) is 10.6 Å². The molecule has 0 radical (unpaired) electrons. The minimum absolute atomic E-state index is 0.00897. The summed E-state index contributed by atoms with van der Waals surface area (Å²) in [5.74, 6) is -3.16. The Morgan fingerprint density at radius 1 is 0.656 bits per heavy atom. The van der Waals surface area contributed by atoms with Crippen LogP contribution in [0.2, 0.25) is 0 Å². The second-order valence-corrected chi connectivity index (χ2v) is 16.9. The highest BCUT2D eigenvalue weighted by atomic mass is 16.7. The molecule has 2 saturated heterocycles. The van der Waals surface area contributed by atoms with Crippen molar-refractivity contribution >= 4 is 12.0 Å². The first kappa shape index (κ1) is 54.7. The second-order valence-electron chi connectivity index (χ2n) is 16.9. The number of aliphatic hydroxyl groups is 10. The molecule has 3 heterocycles. The Bertz CT molecular complexity index is 1600. The van der Waals surface area contributed by atoms with Gasteiger partial charge in [-0.1, -0.05) is 92.0 Å². The predicted molar refractivity (Wildman–Crippen MR) is 235 cm³/mol. The van der Waals surface area contributed by atoms with Crippen LogP contribution in [0.4, 0.5) is 4.79 Å². The summed E-state index contributed by atoms with van der Waals surface area (Å²) in [6.07, 6.45) is 7.48. The first-order chi connectivity index (χ1) is 30.4. The van der Waals surface area contributed by atoms with Crippen LogP contribution in [0.5, 0.6) is 0 Å². The summed E-state index contributed by atoms with van der Waals surface area (Å²) in [6, 6.07) is -1.75. The Morgan fingerprint density at radius 2 is 1.25 bits per heavy atom. The molecule has 0 aromatic rings. The van der Waals surface area contributed by atoms with Crippen LogP contribution >= 0.6 is 0 Å². The second kappa shape index (κ2) is 28.4. The Labute approximate surface area is 375 Å². The van der Waals surface area contributed by atoms with E-state index in [-0.39, 0.29) is 51.0 Å². The van der Waals surface area contributed by atoms with Gasteiger partial charge in [0, 0.05) is 51.5 Å². The fourth-order valence-electron chi connectivity index (χ4n) is 7.55. The van der Waals surface area contributed by atoms with Crippen molar-refractivity contribution in [1.82, 2.24) is 10.6 Å². The molecule has 2 fully saturated rings. The Kier molecular flexibility index (Phi) is 24.3. The molecular weight excluding hydrogens is 837 g/mol. The molecule has 0 spiro atoms. The van der Waals surface area contributed by atoms with E-state index in [0.29, 0.717) is 0 Å². The van der Waals surface area contributed by atoms with E-state index in [1.165, 1.54) is 7.05 Å². The largest absolute Gasteiger partial charge is 0.462 e. The van der Waals surface area contributed by atoms with Crippen LogP contribution in [0.15, 0.2) is 85.1 Å². The van der Waals surface area contributed by atoms with Gasteiger partial charge < -0.3 is 80.6 Å². The third-order valence-corrected chi connectivity index (χ3v) is 11.0. The van der Waals surface area contributed by atoms with Gasteiger partial charge in [-0.2, -0.15) is 0 Å². The average Bonchev–Trinajstić information content (AvgIpc) is 3.21. The summed E-state index contributed by atoms with van der Waals surface area (Å²) in [5, 5.41) is 113. The highest BCUT2D eigenvalue weighted by Crippen LogP contribution is 2.35. The molecule has 3 rings (SSSR count). The molecule has 18 nitrogen and oxygen atoms in total. The molecule has 0 aromatic heterocycles. The fraction of sp³-hybridized carbons (Fsp3) is 0.652. The number of carbonyl (C=O) groups is 2. The molecule has 64 heavy (non-hydrogen) atoms. The number of allylic oxidation sites excluding steroid dienone is 12. The lowest BCUT2D eigenvalue weighted by Crippen LogP contribution is -2.63. The van der Waals surface area contributed by atoms with E-state index in [1.54, 1.807) is 49.5 Å². The number of amides is 2. The highest BCUT2D eigenvalue weighted by molar-refractivity contribution is 5.74. The zero-order valence-corrected chi connectivity index (χ0v) is 36.9. The van der Waals surface area contributed by atoms with Gasteiger partial charge in [-0.25, -0.2) is 4.79 Å². The van der Waals surface area contributed by atoms with Crippen molar-refractivity contribution in [1.29, 1.82) is 0 Å². The van der Waals surface area contributed by atoms with Crippen molar-refractivity contribution in [2.24, 2.45) is 5.92 Å². The number of fused-ring (bicyclic) bond motifs is 2. The highest BCUT2D eigenvalue weighted by Gasteiger charge is 2.48. The summed E-state index contributed by atoms with van der Waals surface area (Å²) in [5.41, 5.74) is 0. The standard InChI is InChI=1S/C46H72N2O16/c1-29-16-14-12-10-8-6-4-5-7-9-11-13-15-17-35(63-44-39(56)23-34(52)28-61-44)25-41-43(48-45(59)47-3)40(57)27-46(60,64-41)26-33(51)22-38(55)36(53)19-18-31(49)21-32(50)24-42(58)62-30(2)20-37(29)54/h4-17,29-41,43-44,49-57,60H,18-28H2,1-3H3,(H2,47,48,59)/b5-4+,8-6+,9-7+,12-10+,13-11+,16-14+,17-15+/t29-,30-,31+,32+,33-,34-,35-,36+,37-,38+,39-,40-,41-,43?,44-,46+/m0/s1. The van der Waals surface area contributed by atoms with Gasteiger partial charge in [0.2, 0.25) is 0 Å². The SMILES string of the molecule is CNC(=O)NC1[C@@H]2C[C@@H](O[C@@H]3OC[C@@H](O)C[C@@H]3O)/C=C/C=C/C=C/C=C/C=C/C=C/C=C/[C@H](C)[C@@H](O)C[C@H](C)OC(=O)C[C@H](O)C[C@H](O)CC[C@@H](O)[C@H](O)C[C@H](O)C[C@](O)(C[C@@H]1O)O2. The van der Waals surface area contributed by atoms with E-state index in [4.69, 9.17) is 18.9 Å². The van der Waals surface area contributed by atoms with Gasteiger partial charge in [0.1, 0.15) is 12.2 Å². The molecule has 18 heteroatoms. The van der Waals surface area contributed by atoms with E-state index < -0.39 is 129 Å². The molecule has 1 unspecified atom stereocenters. The van der Waals surface area contributed by atoms with Crippen LogP contribution in [-0.2, 0) is 23.7 Å². The van der Waals surface area contributed by atoms with Crippen molar-refractivity contribution < 1.29 is 79.6 Å². The van der Waals surface area contributed by atoms with Crippen molar-refractivity contribution in [3.8, 4) is 0 Å². The van der Waals surface area contributed by atoms with Gasteiger partial charge in [0.15, 0.2) is 12.1 Å². The number of rotatable bonds is 3. The van der Waals surface area contributed by atoms with E-state index in [0.717, 1.165) is 0 Å². The van der Waals surface area contributed by atoms with Crippen LogP contribution in [0.25, 0.3) is 0 Å².